The van der Waals surface area contributed by atoms with Crippen LogP contribution < -0.4 is 11.1 Å². The molecular formula is C21H23N3O3. The van der Waals surface area contributed by atoms with Crippen molar-refractivity contribution in [3.8, 4) is 0 Å². The van der Waals surface area contributed by atoms with Gasteiger partial charge in [-0.3, -0.25) is 4.79 Å². The normalized spacial score (nSPS) is 16.3. The van der Waals surface area contributed by atoms with Crippen molar-refractivity contribution in [3.63, 3.8) is 0 Å². The standard InChI is InChI=1S/C21H23N3O3/c22-14-21(8-10-26-11-9-21)20(25)23-16-6-7-17-18(13-16)27-19(24-17)12-15-4-2-1-3-5-15/h1-7,13H,8-12,14,22H2,(H,23,25). The number of fused-ring (bicyclic) bond motifs is 1. The summed E-state index contributed by atoms with van der Waals surface area (Å²) in [6.07, 6.45) is 1.91. The Morgan fingerprint density at radius 2 is 1.93 bits per heavy atom. The van der Waals surface area contributed by atoms with E-state index in [9.17, 15) is 4.79 Å². The molecule has 1 aliphatic heterocycles. The number of oxazole rings is 1. The number of ether oxygens (including phenoxy) is 1. The van der Waals surface area contributed by atoms with Gasteiger partial charge < -0.3 is 20.2 Å². The van der Waals surface area contributed by atoms with E-state index in [1.54, 1.807) is 0 Å². The van der Waals surface area contributed by atoms with Crippen LogP contribution >= 0.6 is 0 Å². The average molecular weight is 365 g/mol. The fraction of sp³-hybridized carbons (Fsp3) is 0.333. The predicted molar refractivity (Wildman–Crippen MR) is 103 cm³/mol. The van der Waals surface area contributed by atoms with Crippen molar-refractivity contribution in [2.45, 2.75) is 19.3 Å². The van der Waals surface area contributed by atoms with Crippen LogP contribution in [0.15, 0.2) is 52.9 Å². The van der Waals surface area contributed by atoms with Gasteiger partial charge in [-0.1, -0.05) is 30.3 Å². The summed E-state index contributed by atoms with van der Waals surface area (Å²) in [5.74, 6) is 0.596. The molecule has 1 saturated heterocycles. The van der Waals surface area contributed by atoms with Crippen LogP contribution in [-0.2, 0) is 16.0 Å². The molecule has 6 heteroatoms. The Morgan fingerprint density at radius 1 is 1.15 bits per heavy atom. The molecule has 27 heavy (non-hydrogen) atoms. The Bertz CT molecular complexity index is 930. The van der Waals surface area contributed by atoms with Crippen LogP contribution in [-0.4, -0.2) is 30.6 Å². The SMILES string of the molecule is NCC1(C(=O)Nc2ccc3nc(Cc4ccccc4)oc3c2)CCOCC1. The number of aromatic nitrogens is 1. The lowest BCUT2D eigenvalue weighted by atomic mass is 9.79. The van der Waals surface area contributed by atoms with Gasteiger partial charge in [0.05, 0.1) is 5.41 Å². The van der Waals surface area contributed by atoms with Crippen LogP contribution in [0.2, 0.25) is 0 Å². The maximum absolute atomic E-state index is 12.8. The van der Waals surface area contributed by atoms with Gasteiger partial charge in [0.15, 0.2) is 11.5 Å². The zero-order valence-corrected chi connectivity index (χ0v) is 15.1. The van der Waals surface area contributed by atoms with Crippen molar-refractivity contribution in [2.75, 3.05) is 25.1 Å². The number of amides is 1. The molecule has 1 fully saturated rings. The van der Waals surface area contributed by atoms with E-state index in [0.717, 1.165) is 11.1 Å². The Hall–Kier alpha value is -2.70. The minimum atomic E-state index is -0.562. The fourth-order valence-corrected chi connectivity index (χ4v) is 3.45. The Kier molecular flexibility index (Phi) is 4.92. The minimum absolute atomic E-state index is 0.0586. The van der Waals surface area contributed by atoms with E-state index in [1.807, 2.05) is 48.5 Å². The lowest BCUT2D eigenvalue weighted by molar-refractivity contribution is -0.130. The van der Waals surface area contributed by atoms with Gasteiger partial charge >= 0.3 is 0 Å². The summed E-state index contributed by atoms with van der Waals surface area (Å²) in [7, 11) is 0. The number of nitrogens with one attached hydrogen (secondary N) is 1. The van der Waals surface area contributed by atoms with E-state index < -0.39 is 5.41 Å². The van der Waals surface area contributed by atoms with Gasteiger partial charge in [0.1, 0.15) is 5.52 Å². The molecule has 0 spiro atoms. The van der Waals surface area contributed by atoms with Crippen LogP contribution in [0, 0.1) is 5.41 Å². The molecule has 1 aliphatic rings. The van der Waals surface area contributed by atoms with Gasteiger partial charge in [-0.25, -0.2) is 4.98 Å². The second-order valence-electron chi connectivity index (χ2n) is 7.00. The molecule has 1 aromatic heterocycles. The number of rotatable bonds is 5. The summed E-state index contributed by atoms with van der Waals surface area (Å²) in [6, 6.07) is 15.6. The lowest BCUT2D eigenvalue weighted by Crippen LogP contribution is -2.46. The number of anilines is 1. The summed E-state index contributed by atoms with van der Waals surface area (Å²) in [5.41, 5.74) is 8.62. The van der Waals surface area contributed by atoms with Crippen LogP contribution in [0.4, 0.5) is 5.69 Å². The molecule has 0 bridgehead atoms. The van der Waals surface area contributed by atoms with Gasteiger partial charge in [0.2, 0.25) is 5.91 Å². The third-order valence-electron chi connectivity index (χ3n) is 5.21. The van der Waals surface area contributed by atoms with Crippen molar-refractivity contribution in [2.24, 2.45) is 11.1 Å². The lowest BCUT2D eigenvalue weighted by Gasteiger charge is -2.34. The quantitative estimate of drug-likeness (QED) is 0.725. The number of nitrogens with zero attached hydrogens (tertiary/aromatic N) is 1. The summed E-state index contributed by atoms with van der Waals surface area (Å²) in [6.45, 7) is 1.44. The number of carbonyl (C=O) groups excluding carboxylic acids is 1. The Balaban J connectivity index is 1.52. The molecule has 0 atom stereocenters. The molecule has 3 N–H and O–H groups in total. The summed E-state index contributed by atoms with van der Waals surface area (Å²) in [4.78, 5) is 17.3. The second kappa shape index (κ2) is 7.50. The first kappa shape index (κ1) is 17.7. The summed E-state index contributed by atoms with van der Waals surface area (Å²) in [5, 5.41) is 2.99. The highest BCUT2D eigenvalue weighted by molar-refractivity contribution is 5.97. The molecule has 0 saturated carbocycles. The van der Waals surface area contributed by atoms with E-state index in [2.05, 4.69) is 10.3 Å². The first-order valence-electron chi connectivity index (χ1n) is 9.21. The van der Waals surface area contributed by atoms with Crippen molar-refractivity contribution >= 4 is 22.7 Å². The summed E-state index contributed by atoms with van der Waals surface area (Å²) >= 11 is 0. The molecule has 6 nitrogen and oxygen atoms in total. The Morgan fingerprint density at radius 3 is 2.67 bits per heavy atom. The van der Waals surface area contributed by atoms with Crippen molar-refractivity contribution in [1.82, 2.24) is 4.98 Å². The third-order valence-corrected chi connectivity index (χ3v) is 5.21. The molecule has 2 aromatic carbocycles. The number of nitrogens with two attached hydrogens (primary N) is 1. The number of hydrogen-bond donors (Lipinski definition) is 2. The van der Waals surface area contributed by atoms with Crippen LogP contribution in [0.25, 0.3) is 11.1 Å². The molecule has 1 amide bonds. The van der Waals surface area contributed by atoms with E-state index in [4.69, 9.17) is 14.9 Å². The van der Waals surface area contributed by atoms with Gasteiger partial charge in [-0.2, -0.15) is 0 Å². The number of benzene rings is 2. The van der Waals surface area contributed by atoms with Crippen molar-refractivity contribution in [3.05, 3.63) is 60.0 Å². The first-order chi connectivity index (χ1) is 13.2. The molecule has 0 unspecified atom stereocenters. The van der Waals surface area contributed by atoms with Crippen molar-refractivity contribution < 1.29 is 13.9 Å². The molecule has 4 rings (SSSR count). The zero-order valence-electron chi connectivity index (χ0n) is 15.1. The van der Waals surface area contributed by atoms with E-state index in [0.29, 0.717) is 56.2 Å². The van der Waals surface area contributed by atoms with E-state index in [-0.39, 0.29) is 5.91 Å². The highest BCUT2D eigenvalue weighted by Gasteiger charge is 2.38. The van der Waals surface area contributed by atoms with Crippen LogP contribution in [0.1, 0.15) is 24.3 Å². The zero-order chi connectivity index (χ0) is 18.7. The maximum Gasteiger partial charge on any atom is 0.232 e. The summed E-state index contributed by atoms with van der Waals surface area (Å²) < 4.78 is 11.3. The van der Waals surface area contributed by atoms with Crippen molar-refractivity contribution in [1.29, 1.82) is 0 Å². The van der Waals surface area contributed by atoms with Crippen LogP contribution in [0.3, 0.4) is 0 Å². The molecule has 140 valence electrons. The van der Waals surface area contributed by atoms with Gasteiger partial charge in [-0.15, -0.1) is 0 Å². The van der Waals surface area contributed by atoms with Gasteiger partial charge in [0.25, 0.3) is 0 Å². The predicted octanol–water partition coefficient (Wildman–Crippen LogP) is 3.11. The monoisotopic (exact) mass is 365 g/mol. The number of carbonyl (C=O) groups is 1. The second-order valence-corrected chi connectivity index (χ2v) is 7.00. The third kappa shape index (κ3) is 3.72. The fourth-order valence-electron chi connectivity index (χ4n) is 3.45. The average Bonchev–Trinajstić information content (AvgIpc) is 3.10. The number of hydrogen-bond acceptors (Lipinski definition) is 5. The van der Waals surface area contributed by atoms with E-state index in [1.165, 1.54) is 0 Å². The maximum atomic E-state index is 12.8. The molecule has 0 aliphatic carbocycles. The van der Waals surface area contributed by atoms with Gasteiger partial charge in [0, 0.05) is 37.9 Å². The Labute approximate surface area is 157 Å². The molecule has 2 heterocycles. The topological polar surface area (TPSA) is 90.4 Å². The largest absolute Gasteiger partial charge is 0.440 e. The minimum Gasteiger partial charge on any atom is -0.440 e. The molecular weight excluding hydrogens is 342 g/mol. The molecule has 0 radical (unpaired) electrons. The van der Waals surface area contributed by atoms with Gasteiger partial charge in [-0.05, 0) is 30.5 Å². The molecule has 3 aromatic rings. The first-order valence-corrected chi connectivity index (χ1v) is 9.21. The highest BCUT2D eigenvalue weighted by atomic mass is 16.5. The van der Waals surface area contributed by atoms with E-state index >= 15 is 0 Å². The smallest absolute Gasteiger partial charge is 0.232 e. The highest BCUT2D eigenvalue weighted by Crippen LogP contribution is 2.31. The van der Waals surface area contributed by atoms with Crippen LogP contribution in [0.5, 0.6) is 0 Å².